The molecule has 1 atom stereocenters. The van der Waals surface area contributed by atoms with E-state index in [4.69, 9.17) is 0 Å². The molecule has 0 saturated carbocycles. The molecule has 2 aliphatic heterocycles. The van der Waals surface area contributed by atoms with E-state index in [1.165, 1.54) is 0 Å². The van der Waals surface area contributed by atoms with Gasteiger partial charge in [-0.1, -0.05) is 6.92 Å². The molecule has 0 aliphatic carbocycles. The Kier molecular flexibility index (Phi) is 3.01. The van der Waals surface area contributed by atoms with Crippen LogP contribution in [-0.4, -0.2) is 34.5 Å². The average Bonchev–Trinajstić information content (AvgIpc) is 2.42. The highest BCUT2D eigenvalue weighted by atomic mass is 16.2. The van der Waals surface area contributed by atoms with Crippen LogP contribution in [0.15, 0.2) is 0 Å². The van der Waals surface area contributed by atoms with Crippen LogP contribution in [0.25, 0.3) is 0 Å². The molecule has 0 spiro atoms. The van der Waals surface area contributed by atoms with Gasteiger partial charge in [-0.2, -0.15) is 0 Å². The van der Waals surface area contributed by atoms with Crippen LogP contribution < -0.4 is 5.32 Å². The zero-order chi connectivity index (χ0) is 12.8. The molecule has 2 rings (SSSR count). The molecule has 0 aromatic heterocycles. The van der Waals surface area contributed by atoms with E-state index in [1.807, 2.05) is 0 Å². The molecule has 0 aromatic rings. The van der Waals surface area contributed by atoms with Crippen LogP contribution in [-0.2, 0) is 4.79 Å². The number of rotatable bonds is 1. The third kappa shape index (κ3) is 2.65. The molecule has 98 valence electrons. The predicted octanol–water partition coefficient (Wildman–Crippen LogP) is 2.16. The second kappa shape index (κ2) is 3.98. The number of hydrogen-bond acceptors (Lipinski definition) is 2. The van der Waals surface area contributed by atoms with E-state index in [1.54, 1.807) is 0 Å². The highest BCUT2D eigenvalue weighted by molar-refractivity contribution is 5.80. The summed E-state index contributed by atoms with van der Waals surface area (Å²) in [5.74, 6) is 0.597. The average molecular weight is 238 g/mol. The van der Waals surface area contributed by atoms with Gasteiger partial charge >= 0.3 is 0 Å². The predicted molar refractivity (Wildman–Crippen MR) is 69.8 cm³/mol. The van der Waals surface area contributed by atoms with Crippen molar-refractivity contribution in [2.24, 2.45) is 5.92 Å². The Morgan fingerprint density at radius 3 is 2.12 bits per heavy atom. The molecular weight excluding hydrogens is 212 g/mol. The van der Waals surface area contributed by atoms with E-state index in [9.17, 15) is 4.79 Å². The quantitative estimate of drug-likeness (QED) is 0.759. The lowest BCUT2D eigenvalue weighted by atomic mass is 9.79. The van der Waals surface area contributed by atoms with Crippen molar-refractivity contribution in [1.29, 1.82) is 0 Å². The first-order valence-corrected chi connectivity index (χ1v) is 6.80. The highest BCUT2D eigenvalue weighted by Crippen LogP contribution is 2.34. The van der Waals surface area contributed by atoms with Crippen LogP contribution in [0.3, 0.4) is 0 Å². The number of carbonyl (C=O) groups excluding carboxylic acids is 1. The van der Waals surface area contributed by atoms with Crippen LogP contribution in [0.5, 0.6) is 0 Å². The lowest BCUT2D eigenvalue weighted by Gasteiger charge is -2.49. The van der Waals surface area contributed by atoms with Crippen molar-refractivity contribution in [1.82, 2.24) is 10.2 Å². The van der Waals surface area contributed by atoms with Crippen molar-refractivity contribution in [2.45, 2.75) is 71.0 Å². The van der Waals surface area contributed by atoms with Gasteiger partial charge < -0.3 is 10.2 Å². The van der Waals surface area contributed by atoms with Crippen molar-refractivity contribution in [2.75, 3.05) is 6.54 Å². The second-order valence-electron chi connectivity index (χ2n) is 7.18. The van der Waals surface area contributed by atoms with Crippen LogP contribution in [0, 0.1) is 5.92 Å². The molecule has 1 amide bonds. The van der Waals surface area contributed by atoms with Gasteiger partial charge in [-0.05, 0) is 47.0 Å². The van der Waals surface area contributed by atoms with Crippen LogP contribution in [0.4, 0.5) is 0 Å². The maximum absolute atomic E-state index is 12.1. The molecule has 0 bridgehead atoms. The van der Waals surface area contributed by atoms with Gasteiger partial charge in [0, 0.05) is 29.6 Å². The molecule has 2 heterocycles. The molecule has 2 saturated heterocycles. The Morgan fingerprint density at radius 2 is 1.71 bits per heavy atom. The van der Waals surface area contributed by atoms with E-state index >= 15 is 0 Å². The van der Waals surface area contributed by atoms with Gasteiger partial charge in [0.2, 0.25) is 5.91 Å². The van der Waals surface area contributed by atoms with Gasteiger partial charge in [0.25, 0.3) is 0 Å². The summed E-state index contributed by atoms with van der Waals surface area (Å²) in [5, 5.41) is 3.67. The minimum absolute atomic E-state index is 0.124. The summed E-state index contributed by atoms with van der Waals surface area (Å²) in [6, 6.07) is 0.415. The molecule has 0 radical (unpaired) electrons. The molecule has 3 heteroatoms. The minimum Gasteiger partial charge on any atom is -0.339 e. The van der Waals surface area contributed by atoms with Gasteiger partial charge in [-0.3, -0.25) is 4.79 Å². The number of nitrogens with one attached hydrogen (secondary N) is 1. The van der Waals surface area contributed by atoms with E-state index in [2.05, 4.69) is 44.8 Å². The number of hydrogen-bond donors (Lipinski definition) is 1. The third-order valence-electron chi connectivity index (χ3n) is 4.12. The van der Waals surface area contributed by atoms with E-state index in [0.717, 1.165) is 25.8 Å². The summed E-state index contributed by atoms with van der Waals surface area (Å²) in [5.41, 5.74) is 0.247. The Morgan fingerprint density at radius 1 is 1.18 bits per heavy atom. The second-order valence-corrected chi connectivity index (χ2v) is 7.18. The minimum atomic E-state index is 0.124. The summed E-state index contributed by atoms with van der Waals surface area (Å²) < 4.78 is 0. The fourth-order valence-corrected chi connectivity index (χ4v) is 3.70. The molecule has 1 unspecified atom stereocenters. The molecule has 1 N–H and O–H groups in total. The summed E-state index contributed by atoms with van der Waals surface area (Å²) in [7, 11) is 0. The first-order chi connectivity index (χ1) is 7.70. The van der Waals surface area contributed by atoms with Crippen molar-refractivity contribution in [3.63, 3.8) is 0 Å². The first-order valence-electron chi connectivity index (χ1n) is 6.80. The van der Waals surface area contributed by atoms with E-state index < -0.39 is 0 Å². The van der Waals surface area contributed by atoms with Crippen molar-refractivity contribution in [3.8, 4) is 0 Å². The fourth-order valence-electron chi connectivity index (χ4n) is 3.70. The third-order valence-corrected chi connectivity index (χ3v) is 4.12. The lowest BCUT2D eigenvalue weighted by molar-refractivity contribution is -0.134. The monoisotopic (exact) mass is 238 g/mol. The van der Waals surface area contributed by atoms with Gasteiger partial charge in [-0.15, -0.1) is 0 Å². The Balaban J connectivity index is 2.14. The lowest BCUT2D eigenvalue weighted by Crippen LogP contribution is -2.62. The summed E-state index contributed by atoms with van der Waals surface area (Å²) in [6.45, 7) is 12.0. The number of carbonyl (C=O) groups is 1. The maximum atomic E-state index is 12.1. The van der Waals surface area contributed by atoms with Crippen molar-refractivity contribution < 1.29 is 4.79 Å². The SMILES string of the molecule is CC1CCN(C2CC(C)(C)NC(C)(C)C2)C1=O. The number of amides is 1. The topological polar surface area (TPSA) is 32.3 Å². The Hall–Kier alpha value is -0.570. The normalized spacial score (nSPS) is 33.1. The van der Waals surface area contributed by atoms with Crippen molar-refractivity contribution in [3.05, 3.63) is 0 Å². The van der Waals surface area contributed by atoms with Crippen LogP contribution in [0.2, 0.25) is 0 Å². The van der Waals surface area contributed by atoms with Gasteiger partial charge in [-0.25, -0.2) is 0 Å². The van der Waals surface area contributed by atoms with Crippen molar-refractivity contribution >= 4 is 5.91 Å². The summed E-state index contributed by atoms with van der Waals surface area (Å²) in [6.07, 6.45) is 3.16. The maximum Gasteiger partial charge on any atom is 0.225 e. The molecule has 17 heavy (non-hydrogen) atoms. The molecule has 0 aromatic carbocycles. The highest BCUT2D eigenvalue weighted by Gasteiger charge is 2.43. The van der Waals surface area contributed by atoms with Gasteiger partial charge in [0.1, 0.15) is 0 Å². The standard InChI is InChI=1S/C14H26N2O/c1-10-6-7-16(12(10)17)11-8-13(2,3)15-14(4,5)9-11/h10-11,15H,6-9H2,1-5H3. The van der Waals surface area contributed by atoms with Gasteiger partial charge in [0.05, 0.1) is 0 Å². The number of piperidine rings is 1. The van der Waals surface area contributed by atoms with Crippen LogP contribution in [0.1, 0.15) is 53.9 Å². The van der Waals surface area contributed by atoms with E-state index in [0.29, 0.717) is 11.9 Å². The largest absolute Gasteiger partial charge is 0.339 e. The van der Waals surface area contributed by atoms with Gasteiger partial charge in [0.15, 0.2) is 0 Å². The number of nitrogens with zero attached hydrogens (tertiary/aromatic N) is 1. The van der Waals surface area contributed by atoms with E-state index in [-0.39, 0.29) is 17.0 Å². The molecule has 2 aliphatic rings. The fraction of sp³-hybridized carbons (Fsp3) is 0.929. The molecule has 3 nitrogen and oxygen atoms in total. The molecular formula is C14H26N2O. The Bertz CT molecular complexity index is 306. The summed E-state index contributed by atoms with van der Waals surface area (Å²) in [4.78, 5) is 14.3. The molecule has 2 fully saturated rings. The zero-order valence-corrected chi connectivity index (χ0v) is 11.8. The Labute approximate surface area is 105 Å². The zero-order valence-electron chi connectivity index (χ0n) is 11.8. The summed E-state index contributed by atoms with van der Waals surface area (Å²) >= 11 is 0. The van der Waals surface area contributed by atoms with Crippen LogP contribution >= 0.6 is 0 Å². The number of likely N-dealkylation sites (tertiary alicyclic amines) is 1. The first kappa shape index (κ1) is 12.9. The smallest absolute Gasteiger partial charge is 0.225 e.